The predicted octanol–water partition coefficient (Wildman–Crippen LogP) is 1.48. The molecule has 182 valence electrons. The molecule has 1 atom stereocenters. The first-order valence-electron chi connectivity index (χ1n) is 11.3. The van der Waals surface area contributed by atoms with Crippen molar-refractivity contribution in [3.63, 3.8) is 0 Å². The number of ketones is 1. The van der Waals surface area contributed by atoms with Crippen molar-refractivity contribution in [1.29, 1.82) is 0 Å². The molecule has 0 aromatic rings. The summed E-state index contributed by atoms with van der Waals surface area (Å²) in [6, 6.07) is 0. The fraction of sp³-hybridized carbons (Fsp3) is 0.864. The molecule has 9 heteroatoms. The van der Waals surface area contributed by atoms with Crippen LogP contribution in [0.5, 0.6) is 0 Å². The van der Waals surface area contributed by atoms with Crippen LogP contribution in [0.3, 0.4) is 0 Å². The highest BCUT2D eigenvalue weighted by Crippen LogP contribution is 2.07. The second-order valence-corrected chi connectivity index (χ2v) is 7.39. The van der Waals surface area contributed by atoms with E-state index in [2.05, 4.69) is 17.6 Å². The molecule has 0 aromatic heterocycles. The SMILES string of the molecule is CCCCOCCOCC(=O)NCCOCCOCC(=O)NCCCC[C@H](C)C(C)=O. The molecule has 0 aliphatic carbocycles. The zero-order valence-electron chi connectivity index (χ0n) is 19.5. The summed E-state index contributed by atoms with van der Waals surface area (Å²) < 4.78 is 21.1. The molecule has 0 unspecified atom stereocenters. The molecular formula is C22H42N2O7. The first-order chi connectivity index (χ1) is 15.0. The van der Waals surface area contributed by atoms with Crippen LogP contribution in [0.1, 0.15) is 52.9 Å². The van der Waals surface area contributed by atoms with E-state index < -0.39 is 0 Å². The van der Waals surface area contributed by atoms with Crippen molar-refractivity contribution in [2.24, 2.45) is 5.92 Å². The van der Waals surface area contributed by atoms with E-state index in [1.165, 1.54) is 0 Å². The van der Waals surface area contributed by atoms with Crippen molar-refractivity contribution in [1.82, 2.24) is 10.6 Å². The first kappa shape index (κ1) is 29.5. The summed E-state index contributed by atoms with van der Waals surface area (Å²) in [5.74, 6) is -0.0699. The zero-order chi connectivity index (χ0) is 23.2. The molecule has 0 radical (unpaired) electrons. The van der Waals surface area contributed by atoms with Gasteiger partial charge in [0.1, 0.15) is 19.0 Å². The predicted molar refractivity (Wildman–Crippen MR) is 118 cm³/mol. The van der Waals surface area contributed by atoms with Crippen LogP contribution in [0, 0.1) is 5.92 Å². The largest absolute Gasteiger partial charge is 0.379 e. The average molecular weight is 447 g/mol. The van der Waals surface area contributed by atoms with Crippen LogP contribution in [-0.4, -0.2) is 83.5 Å². The standard InChI is InChI=1S/C22H42N2O7/c1-4-5-11-28-13-15-30-18-22(27)24-10-12-29-14-16-31-17-21(26)23-9-7-6-8-19(2)20(3)25/h19H,4-18H2,1-3H3,(H,23,26)(H,24,27)/t19-/m0/s1. The third kappa shape index (κ3) is 21.5. The van der Waals surface area contributed by atoms with Crippen molar-refractivity contribution in [3.05, 3.63) is 0 Å². The number of hydrogen-bond acceptors (Lipinski definition) is 7. The van der Waals surface area contributed by atoms with Crippen molar-refractivity contribution in [3.8, 4) is 0 Å². The fourth-order valence-corrected chi connectivity index (χ4v) is 2.39. The molecule has 0 rings (SSSR count). The minimum absolute atomic E-state index is 0.00507. The molecule has 31 heavy (non-hydrogen) atoms. The number of ether oxygens (including phenoxy) is 4. The lowest BCUT2D eigenvalue weighted by molar-refractivity contribution is -0.127. The quantitative estimate of drug-likeness (QED) is 0.242. The summed E-state index contributed by atoms with van der Waals surface area (Å²) in [7, 11) is 0. The zero-order valence-corrected chi connectivity index (χ0v) is 19.5. The molecule has 2 amide bonds. The molecule has 0 saturated heterocycles. The van der Waals surface area contributed by atoms with E-state index in [0.717, 1.165) is 38.7 Å². The van der Waals surface area contributed by atoms with Crippen molar-refractivity contribution in [2.75, 3.05) is 65.9 Å². The number of Topliss-reactive ketones (excluding diaryl/α,β-unsaturated/α-hetero) is 1. The third-order valence-corrected chi connectivity index (χ3v) is 4.50. The molecule has 0 aromatic carbocycles. The van der Waals surface area contributed by atoms with E-state index in [-0.39, 0.29) is 36.7 Å². The van der Waals surface area contributed by atoms with Gasteiger partial charge in [-0.05, 0) is 26.2 Å². The van der Waals surface area contributed by atoms with Crippen LogP contribution in [0.2, 0.25) is 0 Å². The number of carbonyl (C=O) groups excluding carboxylic acids is 3. The number of rotatable bonds is 22. The van der Waals surface area contributed by atoms with Crippen LogP contribution in [0.25, 0.3) is 0 Å². The first-order valence-corrected chi connectivity index (χ1v) is 11.3. The molecule has 0 bridgehead atoms. The van der Waals surface area contributed by atoms with Gasteiger partial charge < -0.3 is 29.6 Å². The van der Waals surface area contributed by atoms with Crippen molar-refractivity contribution >= 4 is 17.6 Å². The summed E-state index contributed by atoms with van der Waals surface area (Å²) in [4.78, 5) is 34.3. The van der Waals surface area contributed by atoms with Crippen LogP contribution in [0.15, 0.2) is 0 Å². The summed E-state index contributed by atoms with van der Waals surface area (Å²) in [6.45, 7) is 9.22. The van der Waals surface area contributed by atoms with E-state index >= 15 is 0 Å². The number of amides is 2. The molecule has 0 aliphatic heterocycles. The monoisotopic (exact) mass is 446 g/mol. The van der Waals surface area contributed by atoms with Gasteiger partial charge in [-0.15, -0.1) is 0 Å². The molecule has 0 aliphatic rings. The minimum atomic E-state index is -0.194. The Labute approximate surface area is 186 Å². The maximum Gasteiger partial charge on any atom is 0.246 e. The Bertz CT molecular complexity index is 475. The molecule has 9 nitrogen and oxygen atoms in total. The summed E-state index contributed by atoms with van der Waals surface area (Å²) >= 11 is 0. The highest BCUT2D eigenvalue weighted by molar-refractivity contribution is 5.78. The Hall–Kier alpha value is -1.55. The van der Waals surface area contributed by atoms with Crippen molar-refractivity contribution in [2.45, 2.75) is 52.9 Å². The van der Waals surface area contributed by atoms with Crippen LogP contribution in [-0.2, 0) is 33.3 Å². The van der Waals surface area contributed by atoms with E-state index in [1.54, 1.807) is 6.92 Å². The Morgan fingerprint density at radius 3 is 1.84 bits per heavy atom. The molecule has 0 heterocycles. The normalized spacial score (nSPS) is 11.8. The second kappa shape index (κ2) is 21.7. The lowest BCUT2D eigenvalue weighted by atomic mass is 10.0. The third-order valence-electron chi connectivity index (χ3n) is 4.50. The number of carbonyl (C=O) groups is 3. The van der Waals surface area contributed by atoms with Gasteiger partial charge >= 0.3 is 0 Å². The number of hydrogen-bond donors (Lipinski definition) is 2. The molecule has 0 spiro atoms. The molecular weight excluding hydrogens is 404 g/mol. The Morgan fingerprint density at radius 2 is 1.26 bits per heavy atom. The van der Waals surface area contributed by atoms with Gasteiger partial charge in [-0.1, -0.05) is 26.7 Å². The van der Waals surface area contributed by atoms with Crippen LogP contribution >= 0.6 is 0 Å². The summed E-state index contributed by atoms with van der Waals surface area (Å²) in [5.41, 5.74) is 0. The van der Waals surface area contributed by atoms with Gasteiger partial charge in [-0.3, -0.25) is 14.4 Å². The minimum Gasteiger partial charge on any atom is -0.379 e. The van der Waals surface area contributed by atoms with E-state index in [4.69, 9.17) is 18.9 Å². The Morgan fingerprint density at radius 1 is 0.710 bits per heavy atom. The maximum absolute atomic E-state index is 11.6. The average Bonchev–Trinajstić information content (AvgIpc) is 2.74. The van der Waals surface area contributed by atoms with Gasteiger partial charge in [0, 0.05) is 25.6 Å². The summed E-state index contributed by atoms with van der Waals surface area (Å²) in [5, 5.41) is 5.48. The topological polar surface area (TPSA) is 112 Å². The van der Waals surface area contributed by atoms with Crippen LogP contribution < -0.4 is 10.6 Å². The Balaban J connectivity index is 3.33. The maximum atomic E-state index is 11.6. The van der Waals surface area contributed by atoms with Gasteiger partial charge in [0.05, 0.1) is 33.0 Å². The van der Waals surface area contributed by atoms with Gasteiger partial charge in [0.25, 0.3) is 0 Å². The highest BCUT2D eigenvalue weighted by Gasteiger charge is 2.07. The fourth-order valence-electron chi connectivity index (χ4n) is 2.39. The number of nitrogens with one attached hydrogen (secondary N) is 2. The molecule has 2 N–H and O–H groups in total. The molecule has 0 saturated carbocycles. The van der Waals surface area contributed by atoms with Gasteiger partial charge in [-0.2, -0.15) is 0 Å². The highest BCUT2D eigenvalue weighted by atomic mass is 16.5. The van der Waals surface area contributed by atoms with E-state index in [9.17, 15) is 14.4 Å². The summed E-state index contributed by atoms with van der Waals surface area (Å²) in [6.07, 6.45) is 4.72. The van der Waals surface area contributed by atoms with Gasteiger partial charge in [0.2, 0.25) is 11.8 Å². The number of unbranched alkanes of at least 4 members (excludes halogenated alkanes) is 2. The lowest BCUT2D eigenvalue weighted by Gasteiger charge is -2.09. The van der Waals surface area contributed by atoms with Crippen LogP contribution in [0.4, 0.5) is 0 Å². The van der Waals surface area contributed by atoms with E-state index in [1.807, 2.05) is 6.92 Å². The van der Waals surface area contributed by atoms with Gasteiger partial charge in [0.15, 0.2) is 0 Å². The Kier molecular flexibility index (Phi) is 20.6. The second-order valence-electron chi connectivity index (χ2n) is 7.39. The lowest BCUT2D eigenvalue weighted by Crippen LogP contribution is -2.31. The van der Waals surface area contributed by atoms with Crippen molar-refractivity contribution < 1.29 is 33.3 Å². The smallest absolute Gasteiger partial charge is 0.246 e. The van der Waals surface area contributed by atoms with E-state index in [0.29, 0.717) is 46.1 Å². The van der Waals surface area contributed by atoms with Gasteiger partial charge in [-0.25, -0.2) is 0 Å². The molecule has 0 fully saturated rings.